The van der Waals surface area contributed by atoms with E-state index in [0.29, 0.717) is 11.5 Å². The van der Waals surface area contributed by atoms with Crippen LogP contribution in [0, 0.1) is 24.3 Å². The molecule has 0 amide bonds. The van der Waals surface area contributed by atoms with Crippen LogP contribution in [0.2, 0.25) is 0 Å². The predicted molar refractivity (Wildman–Crippen MR) is 131 cm³/mol. The third kappa shape index (κ3) is 5.00. The van der Waals surface area contributed by atoms with Gasteiger partial charge in [-0.3, -0.25) is 0 Å². The zero-order chi connectivity index (χ0) is 22.4. The smallest absolute Gasteiger partial charge is 0.126 e. The molecule has 0 saturated heterocycles. The predicted octanol–water partition coefficient (Wildman–Crippen LogP) is 7.42. The molecular formula is C29H39NOTc. The third-order valence-corrected chi connectivity index (χ3v) is 7.62. The van der Waals surface area contributed by atoms with Crippen molar-refractivity contribution in [2.45, 2.75) is 85.8 Å². The Morgan fingerprint density at radius 2 is 1.59 bits per heavy atom. The van der Waals surface area contributed by atoms with E-state index in [0.717, 1.165) is 11.7 Å². The number of para-hydroxylation sites is 1. The summed E-state index contributed by atoms with van der Waals surface area (Å²) in [5, 5.41) is 0. The number of hydrogen-bond donors (Lipinski definition) is 0. The summed E-state index contributed by atoms with van der Waals surface area (Å²) in [4.78, 5) is 0. The zero-order valence-corrected chi connectivity index (χ0v) is 22.7. The van der Waals surface area contributed by atoms with Gasteiger partial charge in [0, 0.05) is 44.7 Å². The molecular weight excluding hydrogens is 476 g/mol. The maximum Gasteiger partial charge on any atom is 0.126 e. The Balaban J connectivity index is 0.00000289. The minimum Gasteiger partial charge on any atom is -0.496 e. The number of ether oxygens (including phenoxy) is 1. The Morgan fingerprint density at radius 1 is 0.969 bits per heavy atom. The molecule has 0 unspecified atom stereocenters. The van der Waals surface area contributed by atoms with Crippen molar-refractivity contribution in [2.24, 2.45) is 11.3 Å². The molecule has 0 atom stereocenters. The molecule has 0 bridgehead atoms. The van der Waals surface area contributed by atoms with E-state index in [1.54, 1.807) is 0 Å². The van der Waals surface area contributed by atoms with Crippen molar-refractivity contribution in [1.82, 2.24) is 0 Å². The SMILES string of the molecule is Cc1ccc(-c2cccc3c2OC(C)(C)[C-](C)[N+](C2CCC(C(C)(C)C)CC2)=C3)cc1.[Tc]. The van der Waals surface area contributed by atoms with Crippen molar-refractivity contribution >= 4 is 6.21 Å². The number of aryl methyl sites for hydroxylation is 1. The standard InChI is InChI=1S/C29H39NO.Tc/c1-20-11-13-22(14-12-20)26-10-8-9-23-19-30(21(2)29(6,7)31-27(23)26)25-17-15-24(16-18-25)28(3,4)5;/h8-14,19,24-25H,15-18H2,1-7H3;. The van der Waals surface area contributed by atoms with E-state index in [1.807, 2.05) is 0 Å². The molecule has 32 heavy (non-hydrogen) atoms. The van der Waals surface area contributed by atoms with Crippen LogP contribution < -0.4 is 4.74 Å². The average Bonchev–Trinajstić information content (AvgIpc) is 2.82. The number of nitrogens with zero attached hydrogens (tertiary/aromatic N) is 1. The molecule has 0 N–H and O–H groups in total. The molecule has 1 aliphatic carbocycles. The fourth-order valence-electron chi connectivity index (χ4n) is 5.22. The van der Waals surface area contributed by atoms with Gasteiger partial charge in [0.15, 0.2) is 0 Å². The van der Waals surface area contributed by atoms with Crippen LogP contribution in [0.5, 0.6) is 5.75 Å². The van der Waals surface area contributed by atoms with E-state index in [2.05, 4.69) is 102 Å². The van der Waals surface area contributed by atoms with Gasteiger partial charge in [0.2, 0.25) is 0 Å². The molecule has 2 aromatic rings. The van der Waals surface area contributed by atoms with E-state index in [4.69, 9.17) is 4.74 Å². The van der Waals surface area contributed by atoms with Crippen LogP contribution in [0.15, 0.2) is 42.5 Å². The van der Waals surface area contributed by atoms with E-state index < -0.39 is 0 Å². The molecule has 173 valence electrons. The Bertz CT molecular complexity index is 960. The number of hydrogen-bond acceptors (Lipinski definition) is 1. The van der Waals surface area contributed by atoms with Crippen molar-refractivity contribution in [3.8, 4) is 16.9 Å². The topological polar surface area (TPSA) is 12.2 Å². The normalized spacial score (nSPS) is 22.7. The molecule has 1 aliphatic heterocycles. The number of benzene rings is 2. The summed E-state index contributed by atoms with van der Waals surface area (Å²) in [6.07, 6.45) is 7.48. The second-order valence-electron chi connectivity index (χ2n) is 11.2. The molecule has 1 radical (unpaired) electrons. The largest absolute Gasteiger partial charge is 0.496 e. The fraction of sp³-hybridized carbons (Fsp3) is 0.517. The summed E-state index contributed by atoms with van der Waals surface area (Å²) in [6.45, 7) is 16.0. The van der Waals surface area contributed by atoms with Gasteiger partial charge in [-0.15, -0.1) is 0 Å². The first-order valence-corrected chi connectivity index (χ1v) is 11.9. The van der Waals surface area contributed by atoms with Crippen molar-refractivity contribution in [3.63, 3.8) is 0 Å². The summed E-state index contributed by atoms with van der Waals surface area (Å²) >= 11 is 0. The van der Waals surface area contributed by atoms with E-state index >= 15 is 0 Å². The van der Waals surface area contributed by atoms with Crippen LogP contribution in [0.4, 0.5) is 0 Å². The minimum atomic E-state index is -0.358. The van der Waals surface area contributed by atoms with E-state index in [-0.39, 0.29) is 25.7 Å². The van der Waals surface area contributed by atoms with Crippen LogP contribution >= 0.6 is 0 Å². The molecule has 4 rings (SSSR count). The molecule has 1 saturated carbocycles. The van der Waals surface area contributed by atoms with Gasteiger partial charge < -0.3 is 9.31 Å². The Labute approximate surface area is 208 Å². The van der Waals surface area contributed by atoms with Crippen LogP contribution in [0.25, 0.3) is 11.1 Å². The maximum absolute atomic E-state index is 6.76. The van der Waals surface area contributed by atoms with E-state index in [9.17, 15) is 0 Å². The van der Waals surface area contributed by atoms with Crippen LogP contribution in [-0.4, -0.2) is 22.4 Å². The molecule has 1 fully saturated rings. The summed E-state index contributed by atoms with van der Waals surface area (Å²) < 4.78 is 9.30. The monoisotopic (exact) mass is 514 g/mol. The first-order valence-electron chi connectivity index (χ1n) is 11.9. The van der Waals surface area contributed by atoms with Gasteiger partial charge in [-0.25, -0.2) is 0 Å². The summed E-state index contributed by atoms with van der Waals surface area (Å²) in [5.74, 6) is 1.82. The van der Waals surface area contributed by atoms with Crippen LogP contribution in [0.3, 0.4) is 0 Å². The van der Waals surface area contributed by atoms with Gasteiger partial charge in [-0.1, -0.05) is 68.8 Å². The first kappa shape index (κ1) is 25.1. The van der Waals surface area contributed by atoms with Gasteiger partial charge in [-0.2, -0.15) is 0 Å². The number of fused-ring (bicyclic) bond motifs is 1. The van der Waals surface area contributed by atoms with Crippen molar-refractivity contribution in [1.29, 1.82) is 0 Å². The number of rotatable bonds is 2. The van der Waals surface area contributed by atoms with Crippen molar-refractivity contribution < 1.29 is 29.4 Å². The van der Waals surface area contributed by atoms with Crippen molar-refractivity contribution in [2.75, 3.05) is 0 Å². The van der Waals surface area contributed by atoms with Gasteiger partial charge in [-0.05, 0) is 63.0 Å². The van der Waals surface area contributed by atoms with Gasteiger partial charge in [0.05, 0.1) is 6.04 Å². The molecule has 3 heteroatoms. The van der Waals surface area contributed by atoms with Gasteiger partial charge in [0.1, 0.15) is 17.4 Å². The second-order valence-corrected chi connectivity index (χ2v) is 11.2. The maximum atomic E-state index is 6.76. The first-order chi connectivity index (χ1) is 14.6. The molecule has 2 nitrogen and oxygen atoms in total. The summed E-state index contributed by atoms with van der Waals surface area (Å²) in [7, 11) is 0. The molecule has 2 aromatic carbocycles. The van der Waals surface area contributed by atoms with Gasteiger partial charge >= 0.3 is 0 Å². The molecule has 2 aliphatic rings. The average molecular weight is 516 g/mol. The van der Waals surface area contributed by atoms with Crippen LogP contribution in [-0.2, 0) is 20.1 Å². The summed E-state index contributed by atoms with van der Waals surface area (Å²) in [5.41, 5.74) is 4.89. The Kier molecular flexibility index (Phi) is 7.32. The quantitative estimate of drug-likeness (QED) is 0.299. The Morgan fingerprint density at radius 3 is 2.19 bits per heavy atom. The molecule has 0 spiro atoms. The summed E-state index contributed by atoms with van der Waals surface area (Å²) in [6, 6.07) is 17.2. The minimum absolute atomic E-state index is 0. The van der Waals surface area contributed by atoms with Crippen molar-refractivity contribution in [3.05, 3.63) is 59.6 Å². The Hall–Kier alpha value is -1.57. The second kappa shape index (κ2) is 9.35. The third-order valence-electron chi connectivity index (χ3n) is 7.62. The van der Waals surface area contributed by atoms with E-state index in [1.165, 1.54) is 54.0 Å². The zero-order valence-electron chi connectivity index (χ0n) is 20.8. The fourth-order valence-corrected chi connectivity index (χ4v) is 5.22. The molecule has 0 aromatic heterocycles. The van der Waals surface area contributed by atoms with Gasteiger partial charge in [0.25, 0.3) is 0 Å². The molecule has 1 heterocycles. The van der Waals surface area contributed by atoms with Crippen LogP contribution in [0.1, 0.15) is 78.4 Å².